The lowest BCUT2D eigenvalue weighted by Gasteiger charge is -2.37. The number of amides is 1. The van der Waals surface area contributed by atoms with Gasteiger partial charge >= 0.3 is 0 Å². The van der Waals surface area contributed by atoms with Crippen LogP contribution >= 0.6 is 0 Å². The second-order valence-corrected chi connectivity index (χ2v) is 5.81. The van der Waals surface area contributed by atoms with Gasteiger partial charge in [0, 0.05) is 37.9 Å². The summed E-state index contributed by atoms with van der Waals surface area (Å²) in [7, 11) is 0. The molecule has 0 aromatic heterocycles. The smallest absolute Gasteiger partial charge is 0.239 e. The molecule has 0 radical (unpaired) electrons. The zero-order chi connectivity index (χ0) is 13.9. The van der Waals surface area contributed by atoms with Crippen LogP contribution in [0.3, 0.4) is 0 Å². The third-order valence-electron chi connectivity index (χ3n) is 4.15. The van der Waals surface area contributed by atoms with Gasteiger partial charge in [0.1, 0.15) is 0 Å². The first-order chi connectivity index (χ1) is 9.74. The van der Waals surface area contributed by atoms with Gasteiger partial charge in [-0.3, -0.25) is 4.79 Å². The first-order valence-electron chi connectivity index (χ1n) is 7.59. The Morgan fingerprint density at radius 2 is 1.80 bits per heavy atom. The Hall–Kier alpha value is -1.55. The molecule has 1 amide bonds. The van der Waals surface area contributed by atoms with E-state index in [0.717, 1.165) is 26.2 Å². The van der Waals surface area contributed by atoms with Crippen molar-refractivity contribution >= 4 is 11.6 Å². The van der Waals surface area contributed by atoms with Gasteiger partial charge in [-0.05, 0) is 31.9 Å². The van der Waals surface area contributed by atoms with Gasteiger partial charge in [-0.25, -0.2) is 0 Å². The van der Waals surface area contributed by atoms with Gasteiger partial charge in [0.05, 0.1) is 6.04 Å². The van der Waals surface area contributed by atoms with Gasteiger partial charge in [0.2, 0.25) is 5.91 Å². The van der Waals surface area contributed by atoms with E-state index in [0.29, 0.717) is 6.04 Å². The molecule has 2 aliphatic rings. The Balaban J connectivity index is 1.51. The van der Waals surface area contributed by atoms with Crippen LogP contribution in [0.2, 0.25) is 0 Å². The topological polar surface area (TPSA) is 35.6 Å². The number of carbonyl (C=O) groups excluding carboxylic acids is 1. The fourth-order valence-corrected chi connectivity index (χ4v) is 2.77. The highest BCUT2D eigenvalue weighted by Gasteiger charge is 2.29. The first kappa shape index (κ1) is 13.4. The molecule has 1 aromatic rings. The molecular formula is C16H23N3O. The quantitative estimate of drug-likeness (QED) is 0.902. The molecule has 108 valence electrons. The summed E-state index contributed by atoms with van der Waals surface area (Å²) >= 11 is 0. The van der Waals surface area contributed by atoms with Crippen molar-refractivity contribution in [2.75, 3.05) is 31.1 Å². The highest BCUT2D eigenvalue weighted by Crippen LogP contribution is 2.20. The van der Waals surface area contributed by atoms with E-state index in [9.17, 15) is 4.79 Å². The molecule has 1 aromatic carbocycles. The number of benzene rings is 1. The number of piperazine rings is 1. The SMILES string of the molecule is CC(NC1CC1)C(=O)N1CCN(c2ccccc2)CC1. The minimum absolute atomic E-state index is 0.0363. The number of carbonyl (C=O) groups is 1. The Morgan fingerprint density at radius 3 is 2.40 bits per heavy atom. The maximum atomic E-state index is 12.3. The summed E-state index contributed by atoms with van der Waals surface area (Å²) in [4.78, 5) is 16.7. The van der Waals surface area contributed by atoms with Gasteiger partial charge < -0.3 is 15.1 Å². The number of hydrogen-bond donors (Lipinski definition) is 1. The van der Waals surface area contributed by atoms with E-state index in [1.54, 1.807) is 0 Å². The third kappa shape index (κ3) is 3.12. The van der Waals surface area contributed by atoms with Gasteiger partial charge in [-0.15, -0.1) is 0 Å². The van der Waals surface area contributed by atoms with E-state index >= 15 is 0 Å². The fourth-order valence-electron chi connectivity index (χ4n) is 2.77. The fraction of sp³-hybridized carbons (Fsp3) is 0.562. The standard InChI is InChI=1S/C16H23N3O/c1-13(17-14-7-8-14)16(20)19-11-9-18(10-12-19)15-5-3-2-4-6-15/h2-6,13-14,17H,7-12H2,1H3. The van der Waals surface area contributed by atoms with Crippen LogP contribution < -0.4 is 10.2 Å². The Labute approximate surface area is 120 Å². The Bertz CT molecular complexity index is 450. The van der Waals surface area contributed by atoms with Gasteiger partial charge in [-0.1, -0.05) is 18.2 Å². The predicted octanol–water partition coefficient (Wildman–Crippen LogP) is 1.48. The van der Waals surface area contributed by atoms with E-state index in [2.05, 4.69) is 34.5 Å². The summed E-state index contributed by atoms with van der Waals surface area (Å²) in [5.74, 6) is 0.254. The number of anilines is 1. The van der Waals surface area contributed by atoms with Gasteiger partial charge in [0.15, 0.2) is 0 Å². The lowest BCUT2D eigenvalue weighted by molar-refractivity contribution is -0.133. The van der Waals surface area contributed by atoms with E-state index in [1.807, 2.05) is 17.9 Å². The van der Waals surface area contributed by atoms with Crippen molar-refractivity contribution in [3.8, 4) is 0 Å². The summed E-state index contributed by atoms with van der Waals surface area (Å²) in [5.41, 5.74) is 1.25. The van der Waals surface area contributed by atoms with Crippen LogP contribution in [0.5, 0.6) is 0 Å². The van der Waals surface area contributed by atoms with Crippen molar-refractivity contribution in [1.29, 1.82) is 0 Å². The molecule has 1 saturated carbocycles. The second kappa shape index (κ2) is 5.83. The second-order valence-electron chi connectivity index (χ2n) is 5.81. The van der Waals surface area contributed by atoms with Crippen LogP contribution in [0.15, 0.2) is 30.3 Å². The summed E-state index contributed by atoms with van der Waals surface area (Å²) < 4.78 is 0. The average Bonchev–Trinajstić information content (AvgIpc) is 3.31. The molecule has 1 atom stereocenters. The van der Waals surface area contributed by atoms with Crippen molar-refractivity contribution in [1.82, 2.24) is 10.2 Å². The van der Waals surface area contributed by atoms with Crippen molar-refractivity contribution in [3.63, 3.8) is 0 Å². The predicted molar refractivity (Wildman–Crippen MR) is 80.9 cm³/mol. The molecule has 1 unspecified atom stereocenters. The molecule has 1 aliphatic carbocycles. The molecule has 0 bridgehead atoms. The molecule has 2 fully saturated rings. The zero-order valence-corrected chi connectivity index (χ0v) is 12.1. The normalized spacial score (nSPS) is 20.9. The molecule has 0 spiro atoms. The molecule has 1 aliphatic heterocycles. The van der Waals surface area contributed by atoms with E-state index in [1.165, 1.54) is 18.5 Å². The Kier molecular flexibility index (Phi) is 3.92. The largest absolute Gasteiger partial charge is 0.368 e. The summed E-state index contributed by atoms with van der Waals surface area (Å²) in [6.07, 6.45) is 2.44. The maximum Gasteiger partial charge on any atom is 0.239 e. The maximum absolute atomic E-state index is 12.3. The van der Waals surface area contributed by atoms with Crippen molar-refractivity contribution in [3.05, 3.63) is 30.3 Å². The summed E-state index contributed by atoms with van der Waals surface area (Å²) in [5, 5.41) is 3.39. The number of hydrogen-bond acceptors (Lipinski definition) is 3. The lowest BCUT2D eigenvalue weighted by atomic mass is 10.2. The Morgan fingerprint density at radius 1 is 1.15 bits per heavy atom. The molecular weight excluding hydrogens is 250 g/mol. The highest BCUT2D eigenvalue weighted by molar-refractivity contribution is 5.81. The first-order valence-corrected chi connectivity index (χ1v) is 7.59. The number of para-hydroxylation sites is 1. The minimum atomic E-state index is -0.0363. The highest BCUT2D eigenvalue weighted by atomic mass is 16.2. The molecule has 4 nitrogen and oxygen atoms in total. The zero-order valence-electron chi connectivity index (χ0n) is 12.1. The van der Waals surface area contributed by atoms with E-state index in [-0.39, 0.29) is 11.9 Å². The monoisotopic (exact) mass is 273 g/mol. The summed E-state index contributed by atoms with van der Waals surface area (Å²) in [6, 6.07) is 11.0. The van der Waals surface area contributed by atoms with E-state index in [4.69, 9.17) is 0 Å². The minimum Gasteiger partial charge on any atom is -0.368 e. The van der Waals surface area contributed by atoms with Crippen LogP contribution in [0.25, 0.3) is 0 Å². The summed E-state index contributed by atoms with van der Waals surface area (Å²) in [6.45, 7) is 5.48. The van der Waals surface area contributed by atoms with Crippen molar-refractivity contribution in [2.24, 2.45) is 0 Å². The van der Waals surface area contributed by atoms with Crippen molar-refractivity contribution in [2.45, 2.75) is 31.8 Å². The number of nitrogens with zero attached hydrogens (tertiary/aromatic N) is 2. The molecule has 3 rings (SSSR count). The third-order valence-corrected chi connectivity index (χ3v) is 4.15. The molecule has 20 heavy (non-hydrogen) atoms. The molecule has 1 N–H and O–H groups in total. The van der Waals surface area contributed by atoms with Crippen molar-refractivity contribution < 1.29 is 4.79 Å². The number of nitrogens with one attached hydrogen (secondary N) is 1. The van der Waals surface area contributed by atoms with Crippen LogP contribution in [0, 0.1) is 0 Å². The van der Waals surface area contributed by atoms with Crippen LogP contribution in [0.4, 0.5) is 5.69 Å². The van der Waals surface area contributed by atoms with Gasteiger partial charge in [-0.2, -0.15) is 0 Å². The lowest BCUT2D eigenvalue weighted by Crippen LogP contribution is -2.53. The van der Waals surface area contributed by atoms with Gasteiger partial charge in [0.25, 0.3) is 0 Å². The number of rotatable bonds is 4. The van der Waals surface area contributed by atoms with Crippen LogP contribution in [-0.2, 0) is 4.79 Å². The van der Waals surface area contributed by atoms with E-state index < -0.39 is 0 Å². The average molecular weight is 273 g/mol. The molecule has 1 heterocycles. The molecule has 4 heteroatoms. The van der Waals surface area contributed by atoms with Crippen LogP contribution in [0.1, 0.15) is 19.8 Å². The molecule has 1 saturated heterocycles. The van der Waals surface area contributed by atoms with Crippen LogP contribution in [-0.4, -0.2) is 49.1 Å².